The summed E-state index contributed by atoms with van der Waals surface area (Å²) < 4.78 is 10.5. The van der Waals surface area contributed by atoms with Crippen molar-refractivity contribution in [3.05, 3.63) is 0 Å². The second-order valence-electron chi connectivity index (χ2n) is 4.88. The highest BCUT2D eigenvalue weighted by Crippen LogP contribution is 2.21. The number of ether oxygens (including phenoxy) is 2. The molecule has 0 aromatic carbocycles. The van der Waals surface area contributed by atoms with Crippen LogP contribution in [0, 0.1) is 5.92 Å². The highest BCUT2D eigenvalue weighted by atomic mass is 16.5. The van der Waals surface area contributed by atoms with E-state index in [2.05, 4.69) is 32.5 Å². The molecule has 1 unspecified atom stereocenters. The summed E-state index contributed by atoms with van der Waals surface area (Å²) in [6.45, 7) is 6.56. The second kappa shape index (κ2) is 7.23. The smallest absolute Gasteiger partial charge is 0.322 e. The van der Waals surface area contributed by atoms with Crippen LogP contribution in [0.4, 0.5) is 11.9 Å². The van der Waals surface area contributed by atoms with Crippen LogP contribution >= 0.6 is 0 Å². The van der Waals surface area contributed by atoms with E-state index in [1.54, 1.807) is 7.11 Å². The molecule has 1 aromatic rings. The fourth-order valence-corrected chi connectivity index (χ4v) is 2.29. The van der Waals surface area contributed by atoms with Crippen molar-refractivity contribution >= 4 is 11.9 Å². The van der Waals surface area contributed by atoms with Gasteiger partial charge in [0.25, 0.3) is 0 Å². The number of aromatic nitrogens is 3. The summed E-state index contributed by atoms with van der Waals surface area (Å²) in [5, 5.41) is 6.42. The predicted molar refractivity (Wildman–Crippen MR) is 77.2 cm³/mol. The Labute approximate surface area is 119 Å². The molecule has 20 heavy (non-hydrogen) atoms. The van der Waals surface area contributed by atoms with Gasteiger partial charge in [-0.25, -0.2) is 0 Å². The highest BCUT2D eigenvalue weighted by Gasteiger charge is 2.21. The van der Waals surface area contributed by atoms with Crippen molar-refractivity contribution in [3.8, 4) is 6.01 Å². The van der Waals surface area contributed by atoms with Crippen LogP contribution in [0.5, 0.6) is 6.01 Å². The van der Waals surface area contributed by atoms with Gasteiger partial charge in [-0.1, -0.05) is 0 Å². The Bertz CT molecular complexity index is 423. The molecule has 1 saturated heterocycles. The van der Waals surface area contributed by atoms with Crippen molar-refractivity contribution in [2.75, 3.05) is 37.5 Å². The lowest BCUT2D eigenvalue weighted by Crippen LogP contribution is -2.31. The Hall–Kier alpha value is -1.63. The molecule has 1 fully saturated rings. The van der Waals surface area contributed by atoms with Gasteiger partial charge in [0.15, 0.2) is 0 Å². The molecule has 1 aromatic heterocycles. The van der Waals surface area contributed by atoms with Crippen LogP contribution in [0.15, 0.2) is 0 Å². The van der Waals surface area contributed by atoms with Gasteiger partial charge in [-0.2, -0.15) is 15.0 Å². The summed E-state index contributed by atoms with van der Waals surface area (Å²) in [5.74, 6) is 1.65. The van der Waals surface area contributed by atoms with Gasteiger partial charge in [0.05, 0.1) is 7.11 Å². The summed E-state index contributed by atoms with van der Waals surface area (Å²) in [7, 11) is 1.55. The van der Waals surface area contributed by atoms with Gasteiger partial charge in [0.2, 0.25) is 11.9 Å². The third-order valence-corrected chi connectivity index (χ3v) is 3.46. The van der Waals surface area contributed by atoms with Crippen LogP contribution in [-0.4, -0.2) is 47.9 Å². The maximum Gasteiger partial charge on any atom is 0.322 e. The van der Waals surface area contributed by atoms with Crippen molar-refractivity contribution in [1.29, 1.82) is 0 Å². The minimum absolute atomic E-state index is 0.292. The highest BCUT2D eigenvalue weighted by molar-refractivity contribution is 5.36. The third kappa shape index (κ3) is 3.93. The predicted octanol–water partition coefficient (Wildman–Crippen LogP) is 1.54. The number of anilines is 2. The molecule has 112 valence electrons. The van der Waals surface area contributed by atoms with Crippen LogP contribution in [0.1, 0.15) is 26.7 Å². The van der Waals surface area contributed by atoms with E-state index in [-0.39, 0.29) is 0 Å². The Morgan fingerprint density at radius 3 is 2.60 bits per heavy atom. The van der Waals surface area contributed by atoms with E-state index in [0.29, 0.717) is 29.9 Å². The van der Waals surface area contributed by atoms with Crippen molar-refractivity contribution < 1.29 is 9.47 Å². The molecule has 0 saturated carbocycles. The molecule has 2 heterocycles. The fourth-order valence-electron chi connectivity index (χ4n) is 2.29. The van der Waals surface area contributed by atoms with Gasteiger partial charge < -0.3 is 20.1 Å². The summed E-state index contributed by atoms with van der Waals surface area (Å²) in [6, 6.07) is 0.609. The van der Waals surface area contributed by atoms with E-state index in [4.69, 9.17) is 9.47 Å². The molecule has 0 bridgehead atoms. The average Bonchev–Trinajstić information content (AvgIpc) is 2.48. The van der Waals surface area contributed by atoms with Crippen molar-refractivity contribution in [3.63, 3.8) is 0 Å². The van der Waals surface area contributed by atoms with E-state index >= 15 is 0 Å². The first kappa shape index (κ1) is 14.8. The lowest BCUT2D eigenvalue weighted by Gasteiger charge is -2.28. The molecule has 7 nitrogen and oxygen atoms in total. The van der Waals surface area contributed by atoms with Crippen molar-refractivity contribution in [2.24, 2.45) is 5.92 Å². The lowest BCUT2D eigenvalue weighted by molar-refractivity contribution is 0.0621. The quantitative estimate of drug-likeness (QED) is 0.818. The maximum atomic E-state index is 5.39. The van der Waals surface area contributed by atoms with Gasteiger partial charge in [0.1, 0.15) is 0 Å². The monoisotopic (exact) mass is 281 g/mol. The van der Waals surface area contributed by atoms with E-state index in [9.17, 15) is 0 Å². The maximum absolute atomic E-state index is 5.39. The minimum atomic E-state index is 0.292. The fraction of sp³-hybridized carbons (Fsp3) is 0.769. The Balaban J connectivity index is 2.04. The Kier molecular flexibility index (Phi) is 5.34. The normalized spacial score (nSPS) is 17.6. The van der Waals surface area contributed by atoms with Gasteiger partial charge in [-0.15, -0.1) is 0 Å². The number of rotatable bonds is 6. The molecule has 2 N–H and O–H groups in total. The first-order valence-electron chi connectivity index (χ1n) is 7.11. The van der Waals surface area contributed by atoms with Crippen LogP contribution in [0.2, 0.25) is 0 Å². The van der Waals surface area contributed by atoms with Crippen LogP contribution in [0.25, 0.3) is 0 Å². The molecular formula is C13H23N5O2. The molecule has 0 radical (unpaired) electrons. The second-order valence-corrected chi connectivity index (χ2v) is 4.88. The molecule has 1 aliphatic heterocycles. The molecular weight excluding hydrogens is 258 g/mol. The molecule has 7 heteroatoms. The zero-order valence-electron chi connectivity index (χ0n) is 12.3. The lowest BCUT2D eigenvalue weighted by atomic mass is 9.93. The standard InChI is InChI=1S/C13H23N5O2/c1-4-14-11-16-12(18-13(17-11)19-3)15-9(2)10-5-7-20-8-6-10/h9-10H,4-8H2,1-3H3,(H2,14,15,16,17,18). The van der Waals surface area contributed by atoms with Gasteiger partial charge >= 0.3 is 6.01 Å². The first-order valence-corrected chi connectivity index (χ1v) is 7.11. The third-order valence-electron chi connectivity index (χ3n) is 3.46. The number of nitrogens with one attached hydrogen (secondary N) is 2. The van der Waals surface area contributed by atoms with Gasteiger partial charge in [-0.3, -0.25) is 0 Å². The van der Waals surface area contributed by atoms with Crippen LogP contribution in [0.3, 0.4) is 0 Å². The van der Waals surface area contributed by atoms with Crippen molar-refractivity contribution in [1.82, 2.24) is 15.0 Å². The van der Waals surface area contributed by atoms with Crippen LogP contribution in [-0.2, 0) is 4.74 Å². The molecule has 1 aliphatic rings. The van der Waals surface area contributed by atoms with Crippen molar-refractivity contribution in [2.45, 2.75) is 32.7 Å². The Morgan fingerprint density at radius 2 is 1.95 bits per heavy atom. The van der Waals surface area contributed by atoms with Gasteiger partial charge in [0, 0.05) is 25.8 Å². The SMILES string of the molecule is CCNc1nc(NC(C)C2CCOCC2)nc(OC)n1. The summed E-state index contributed by atoms with van der Waals surface area (Å²) in [6.07, 6.45) is 2.13. The summed E-state index contributed by atoms with van der Waals surface area (Å²) in [5.41, 5.74) is 0. The molecule has 0 spiro atoms. The minimum Gasteiger partial charge on any atom is -0.467 e. The van der Waals surface area contributed by atoms with E-state index < -0.39 is 0 Å². The Morgan fingerprint density at radius 1 is 1.25 bits per heavy atom. The molecule has 0 amide bonds. The molecule has 2 rings (SSSR count). The average molecular weight is 281 g/mol. The number of nitrogens with zero attached hydrogens (tertiary/aromatic N) is 3. The van der Waals surface area contributed by atoms with Gasteiger partial charge in [-0.05, 0) is 32.6 Å². The first-order chi connectivity index (χ1) is 9.72. The summed E-state index contributed by atoms with van der Waals surface area (Å²) >= 11 is 0. The topological polar surface area (TPSA) is 81.2 Å². The van der Waals surface area contributed by atoms with E-state index in [0.717, 1.165) is 32.6 Å². The molecule has 1 atom stereocenters. The van der Waals surface area contributed by atoms with E-state index in [1.165, 1.54) is 0 Å². The van der Waals surface area contributed by atoms with E-state index in [1.807, 2.05) is 6.92 Å². The zero-order valence-corrected chi connectivity index (χ0v) is 12.3. The number of hydrogen-bond acceptors (Lipinski definition) is 7. The zero-order chi connectivity index (χ0) is 14.4. The van der Waals surface area contributed by atoms with Crippen LogP contribution < -0.4 is 15.4 Å². The number of methoxy groups -OCH3 is 1. The summed E-state index contributed by atoms with van der Waals surface area (Å²) in [4.78, 5) is 12.7. The molecule has 0 aliphatic carbocycles. The largest absolute Gasteiger partial charge is 0.467 e. The number of hydrogen-bond donors (Lipinski definition) is 2.